The first-order valence-electron chi connectivity index (χ1n) is 5.29. The van der Waals surface area contributed by atoms with Crippen molar-refractivity contribution in [1.82, 2.24) is 4.90 Å². The number of allylic oxidation sites excluding steroid dienone is 3. The molecule has 1 rings (SSSR count). The number of hydrogen-bond donors (Lipinski definition) is 0. The molecule has 3 heteroatoms. The van der Waals surface area contributed by atoms with Crippen LogP contribution >= 0.6 is 0 Å². The normalized spacial score (nSPS) is 27.1. The van der Waals surface area contributed by atoms with Gasteiger partial charge in [-0.1, -0.05) is 12.2 Å². The lowest BCUT2D eigenvalue weighted by Gasteiger charge is -2.23. The van der Waals surface area contributed by atoms with E-state index in [4.69, 9.17) is 4.74 Å². The first kappa shape index (κ1) is 12.0. The summed E-state index contributed by atoms with van der Waals surface area (Å²) in [6.07, 6.45) is 4.42. The van der Waals surface area contributed by atoms with Gasteiger partial charge in [-0.05, 0) is 26.3 Å². The monoisotopic (exact) mass is 209 g/mol. The van der Waals surface area contributed by atoms with E-state index in [9.17, 15) is 4.79 Å². The average Bonchev–Trinajstić information content (AvgIpc) is 2.28. The van der Waals surface area contributed by atoms with Crippen molar-refractivity contribution in [1.29, 1.82) is 0 Å². The summed E-state index contributed by atoms with van der Waals surface area (Å²) in [5.74, 6) is 0.123. The predicted octanol–water partition coefficient (Wildman–Crippen LogP) is 2.10. The fourth-order valence-corrected chi connectivity index (χ4v) is 1.90. The predicted molar refractivity (Wildman–Crippen MR) is 60.3 cm³/mol. The molecule has 1 aliphatic heterocycles. The number of nitrogens with zero attached hydrogens (tertiary/aromatic N) is 1. The molecular weight excluding hydrogens is 190 g/mol. The Bertz CT molecular complexity index is 305. The lowest BCUT2D eigenvalue weighted by molar-refractivity contribution is -0.127. The second-order valence-electron chi connectivity index (χ2n) is 3.78. The molecule has 1 heterocycles. The molecule has 0 bridgehead atoms. The minimum Gasteiger partial charge on any atom is -0.372 e. The Morgan fingerprint density at radius 1 is 1.60 bits per heavy atom. The second kappa shape index (κ2) is 5.12. The molecule has 0 saturated carbocycles. The van der Waals surface area contributed by atoms with Gasteiger partial charge in [0.15, 0.2) is 0 Å². The van der Waals surface area contributed by atoms with Crippen LogP contribution in [0.1, 0.15) is 27.2 Å². The van der Waals surface area contributed by atoms with Gasteiger partial charge in [-0.15, -0.1) is 0 Å². The molecule has 15 heavy (non-hydrogen) atoms. The van der Waals surface area contributed by atoms with Crippen LogP contribution in [0.2, 0.25) is 0 Å². The maximum Gasteiger partial charge on any atom is 0.228 e. The number of carbonyl (C=O) groups is 1. The molecule has 1 amide bonds. The summed E-state index contributed by atoms with van der Waals surface area (Å²) in [6.45, 7) is 6.47. The molecule has 1 atom stereocenters. The standard InChI is InChI=1S/C12H19NO2/c1-5-6-9(2)12-10(3)15-8-7-11(14)13(12)4/h5-6,10H,7-8H2,1-4H3/b6-5-,12-9+. The Balaban J connectivity index is 3.08. The molecule has 1 saturated heterocycles. The molecule has 0 radical (unpaired) electrons. The van der Waals surface area contributed by atoms with E-state index in [1.165, 1.54) is 0 Å². The second-order valence-corrected chi connectivity index (χ2v) is 3.78. The fraction of sp³-hybridized carbons (Fsp3) is 0.583. The Labute approximate surface area is 91.4 Å². The van der Waals surface area contributed by atoms with Crippen molar-refractivity contribution in [3.05, 3.63) is 23.4 Å². The Morgan fingerprint density at radius 3 is 2.87 bits per heavy atom. The summed E-state index contributed by atoms with van der Waals surface area (Å²) < 4.78 is 5.57. The highest BCUT2D eigenvalue weighted by atomic mass is 16.5. The highest BCUT2D eigenvalue weighted by Gasteiger charge is 2.24. The van der Waals surface area contributed by atoms with Crippen LogP contribution in [0.5, 0.6) is 0 Å². The van der Waals surface area contributed by atoms with Crippen molar-refractivity contribution in [2.75, 3.05) is 13.7 Å². The van der Waals surface area contributed by atoms with Gasteiger partial charge >= 0.3 is 0 Å². The minimum absolute atomic E-state index is 0.0161. The van der Waals surface area contributed by atoms with Gasteiger partial charge in [0.2, 0.25) is 5.91 Å². The third-order valence-electron chi connectivity index (χ3n) is 2.62. The summed E-state index contributed by atoms with van der Waals surface area (Å²) in [6, 6.07) is 0. The number of likely N-dealkylation sites (N-methyl/N-ethyl adjacent to an activating group) is 1. The topological polar surface area (TPSA) is 29.5 Å². The van der Waals surface area contributed by atoms with Crippen LogP contribution in [0, 0.1) is 0 Å². The van der Waals surface area contributed by atoms with Gasteiger partial charge in [0.05, 0.1) is 24.8 Å². The zero-order valence-corrected chi connectivity index (χ0v) is 9.91. The summed E-state index contributed by atoms with van der Waals surface area (Å²) in [4.78, 5) is 13.4. The zero-order valence-electron chi connectivity index (χ0n) is 9.91. The van der Waals surface area contributed by atoms with Crippen molar-refractivity contribution in [3.8, 4) is 0 Å². The first-order chi connectivity index (χ1) is 7.07. The molecule has 1 fully saturated rings. The Hall–Kier alpha value is -1.09. The quantitative estimate of drug-likeness (QED) is 0.662. The molecule has 0 aromatic rings. The smallest absolute Gasteiger partial charge is 0.228 e. The molecule has 0 N–H and O–H groups in total. The van der Waals surface area contributed by atoms with Gasteiger partial charge in [-0.2, -0.15) is 0 Å². The maximum atomic E-state index is 11.7. The molecule has 0 aromatic heterocycles. The minimum atomic E-state index is -0.0161. The van der Waals surface area contributed by atoms with Crippen LogP contribution in [-0.4, -0.2) is 30.6 Å². The van der Waals surface area contributed by atoms with Gasteiger partial charge in [0.1, 0.15) is 0 Å². The van der Waals surface area contributed by atoms with Crippen LogP contribution < -0.4 is 0 Å². The number of ether oxygens (including phenoxy) is 1. The molecule has 0 aromatic carbocycles. The van der Waals surface area contributed by atoms with Gasteiger partial charge in [0, 0.05) is 7.05 Å². The molecule has 0 aliphatic carbocycles. The lowest BCUT2D eigenvalue weighted by Crippen LogP contribution is -2.29. The van der Waals surface area contributed by atoms with Gasteiger partial charge in [-0.25, -0.2) is 0 Å². The van der Waals surface area contributed by atoms with Crippen LogP contribution in [0.3, 0.4) is 0 Å². The zero-order chi connectivity index (χ0) is 11.4. The number of carbonyl (C=O) groups excluding carboxylic acids is 1. The Kier molecular flexibility index (Phi) is 4.09. The lowest BCUT2D eigenvalue weighted by atomic mass is 10.1. The van der Waals surface area contributed by atoms with Gasteiger partial charge < -0.3 is 9.64 Å². The van der Waals surface area contributed by atoms with E-state index in [0.29, 0.717) is 13.0 Å². The van der Waals surface area contributed by atoms with Crippen LogP contribution in [0.15, 0.2) is 23.4 Å². The fourth-order valence-electron chi connectivity index (χ4n) is 1.90. The third-order valence-corrected chi connectivity index (χ3v) is 2.62. The first-order valence-corrected chi connectivity index (χ1v) is 5.29. The molecular formula is C12H19NO2. The molecule has 1 aliphatic rings. The molecule has 1 unspecified atom stereocenters. The Morgan fingerprint density at radius 2 is 2.27 bits per heavy atom. The average molecular weight is 209 g/mol. The third kappa shape index (κ3) is 2.69. The van der Waals surface area contributed by atoms with E-state index in [-0.39, 0.29) is 12.0 Å². The van der Waals surface area contributed by atoms with E-state index in [1.54, 1.807) is 4.90 Å². The van der Waals surface area contributed by atoms with E-state index >= 15 is 0 Å². The van der Waals surface area contributed by atoms with Crippen LogP contribution in [0.25, 0.3) is 0 Å². The largest absolute Gasteiger partial charge is 0.372 e. The highest BCUT2D eigenvalue weighted by Crippen LogP contribution is 2.21. The summed E-state index contributed by atoms with van der Waals surface area (Å²) in [5.41, 5.74) is 2.05. The van der Waals surface area contributed by atoms with E-state index in [0.717, 1.165) is 11.3 Å². The summed E-state index contributed by atoms with van der Waals surface area (Å²) >= 11 is 0. The molecule has 84 valence electrons. The number of hydrogen-bond acceptors (Lipinski definition) is 2. The van der Waals surface area contributed by atoms with Crippen molar-refractivity contribution in [2.24, 2.45) is 0 Å². The molecule has 3 nitrogen and oxygen atoms in total. The van der Waals surface area contributed by atoms with Gasteiger partial charge in [-0.3, -0.25) is 4.79 Å². The van der Waals surface area contributed by atoms with E-state index in [1.807, 2.05) is 40.0 Å². The van der Waals surface area contributed by atoms with Crippen molar-refractivity contribution in [3.63, 3.8) is 0 Å². The molecule has 0 spiro atoms. The van der Waals surface area contributed by atoms with Crippen molar-refractivity contribution >= 4 is 5.91 Å². The SMILES string of the molecule is C/C=C\C(C)=C1/C(C)OCCC(=O)N1C. The van der Waals surface area contributed by atoms with Crippen molar-refractivity contribution in [2.45, 2.75) is 33.3 Å². The summed E-state index contributed by atoms with van der Waals surface area (Å²) in [5, 5.41) is 0. The van der Waals surface area contributed by atoms with E-state index < -0.39 is 0 Å². The van der Waals surface area contributed by atoms with Crippen molar-refractivity contribution < 1.29 is 9.53 Å². The highest BCUT2D eigenvalue weighted by molar-refractivity contribution is 5.78. The van der Waals surface area contributed by atoms with Gasteiger partial charge in [0.25, 0.3) is 0 Å². The maximum absolute atomic E-state index is 11.7. The van der Waals surface area contributed by atoms with Crippen LogP contribution in [0.4, 0.5) is 0 Å². The van der Waals surface area contributed by atoms with E-state index in [2.05, 4.69) is 0 Å². The number of amides is 1. The summed E-state index contributed by atoms with van der Waals surface area (Å²) in [7, 11) is 1.82. The number of rotatable bonds is 1. The van der Waals surface area contributed by atoms with Crippen LogP contribution in [-0.2, 0) is 9.53 Å².